The molecule has 0 amide bonds. The van der Waals surface area contributed by atoms with Crippen LogP contribution >= 0.6 is 27.3 Å². The highest BCUT2D eigenvalue weighted by atomic mass is 79.9. The largest absolute Gasteiger partial charge is 0.490 e. The van der Waals surface area contributed by atoms with Gasteiger partial charge in [0.1, 0.15) is 6.61 Å². The normalized spacial score (nSPS) is 12.1. The Balaban J connectivity index is 1.56. The summed E-state index contributed by atoms with van der Waals surface area (Å²) in [5.74, 6) is 1.29. The molecule has 5 aromatic rings. The number of thiazole rings is 1. The molecule has 0 atom stereocenters. The molecule has 0 aliphatic rings. The predicted molar refractivity (Wildman–Crippen MR) is 141 cm³/mol. The molecule has 0 radical (unpaired) electrons. The van der Waals surface area contributed by atoms with Gasteiger partial charge in [0.25, 0.3) is 5.56 Å². The van der Waals surface area contributed by atoms with E-state index in [-0.39, 0.29) is 5.56 Å². The number of aromatic nitrogens is 2. The monoisotopic (exact) mass is 534 g/mol. The first-order valence-corrected chi connectivity index (χ1v) is 12.6. The zero-order chi connectivity index (χ0) is 23.8. The quantitative estimate of drug-likeness (QED) is 0.275. The summed E-state index contributed by atoms with van der Waals surface area (Å²) < 4.78 is 15.0. The molecule has 0 N–H and O–H groups in total. The average Bonchev–Trinajstić information content (AvgIpc) is 3.31. The number of rotatable bonds is 6. The highest BCUT2D eigenvalue weighted by Gasteiger charge is 2.14. The third-order valence-electron chi connectivity index (χ3n) is 5.74. The Kier molecular flexibility index (Phi) is 6.15. The maximum Gasteiger partial charge on any atom is 0.274 e. The standard InChI is InChI=1S/C27H23BrN2O3S/c1-4-32-23-12-19(20(28)14-24(23)33-15-18-8-6-5-7-9-18)13-25-26(31)30-22-11-17(3)16(2)10-21(22)29-27(30)34-25/h5-14H,4,15H2,1-3H3/b25-13-. The molecule has 0 aliphatic carbocycles. The van der Waals surface area contributed by atoms with Gasteiger partial charge in [-0.25, -0.2) is 9.38 Å². The van der Waals surface area contributed by atoms with Gasteiger partial charge in [0, 0.05) is 4.47 Å². The van der Waals surface area contributed by atoms with E-state index in [1.165, 1.54) is 16.9 Å². The van der Waals surface area contributed by atoms with Crippen LogP contribution in [0.25, 0.3) is 22.1 Å². The first kappa shape index (κ1) is 22.6. The first-order chi connectivity index (χ1) is 16.4. The molecule has 0 aliphatic heterocycles. The summed E-state index contributed by atoms with van der Waals surface area (Å²) in [4.78, 5) is 18.7. The molecule has 0 unspecified atom stereocenters. The second-order valence-electron chi connectivity index (χ2n) is 8.10. The van der Waals surface area contributed by atoms with E-state index in [4.69, 9.17) is 9.47 Å². The molecule has 0 saturated heterocycles. The molecule has 0 spiro atoms. The van der Waals surface area contributed by atoms with Crippen LogP contribution in [0.15, 0.2) is 63.9 Å². The van der Waals surface area contributed by atoms with E-state index in [2.05, 4.69) is 27.8 Å². The van der Waals surface area contributed by atoms with E-state index in [0.717, 1.165) is 32.2 Å². The number of benzene rings is 3. The lowest BCUT2D eigenvalue weighted by molar-refractivity contribution is 0.269. The lowest BCUT2D eigenvalue weighted by Crippen LogP contribution is -2.22. The number of halogens is 1. The van der Waals surface area contributed by atoms with E-state index in [1.54, 1.807) is 4.40 Å². The van der Waals surface area contributed by atoms with Gasteiger partial charge in [0.2, 0.25) is 0 Å². The number of imidazole rings is 1. The summed E-state index contributed by atoms with van der Waals surface area (Å²) in [6.45, 7) is 6.99. The average molecular weight is 535 g/mol. The van der Waals surface area contributed by atoms with E-state index in [1.807, 2.05) is 74.5 Å². The maximum atomic E-state index is 13.3. The van der Waals surface area contributed by atoms with Crippen LogP contribution in [0.5, 0.6) is 11.5 Å². The molecule has 3 aromatic carbocycles. The van der Waals surface area contributed by atoms with Crippen molar-refractivity contribution < 1.29 is 9.47 Å². The van der Waals surface area contributed by atoms with Gasteiger partial charge in [-0.1, -0.05) is 57.6 Å². The molecule has 0 fully saturated rings. The number of aryl methyl sites for hydroxylation is 2. The third-order valence-corrected chi connectivity index (χ3v) is 7.40. The summed E-state index contributed by atoms with van der Waals surface area (Å²) in [6.07, 6.45) is 1.88. The summed E-state index contributed by atoms with van der Waals surface area (Å²) in [5.41, 5.74) is 5.84. The number of nitrogens with zero attached hydrogens (tertiary/aromatic N) is 2. The molecule has 2 heterocycles. The van der Waals surface area contributed by atoms with Gasteiger partial charge in [-0.05, 0) is 73.4 Å². The molecule has 172 valence electrons. The summed E-state index contributed by atoms with van der Waals surface area (Å²) in [5, 5.41) is 0. The van der Waals surface area contributed by atoms with Crippen LogP contribution in [0.3, 0.4) is 0 Å². The lowest BCUT2D eigenvalue weighted by Gasteiger charge is -2.14. The highest BCUT2D eigenvalue weighted by Crippen LogP contribution is 2.35. The van der Waals surface area contributed by atoms with Gasteiger partial charge >= 0.3 is 0 Å². The minimum atomic E-state index is -0.0694. The van der Waals surface area contributed by atoms with Gasteiger partial charge in [-0.15, -0.1) is 0 Å². The van der Waals surface area contributed by atoms with Gasteiger partial charge in [-0.3, -0.25) is 4.79 Å². The van der Waals surface area contributed by atoms with Gasteiger partial charge in [0.05, 0.1) is 22.2 Å². The van der Waals surface area contributed by atoms with Crippen LogP contribution < -0.4 is 19.6 Å². The van der Waals surface area contributed by atoms with Crippen LogP contribution in [0.1, 0.15) is 29.2 Å². The topological polar surface area (TPSA) is 52.8 Å². The zero-order valence-corrected chi connectivity index (χ0v) is 21.5. The van der Waals surface area contributed by atoms with E-state index in [0.29, 0.717) is 34.2 Å². The molecule has 5 nitrogen and oxygen atoms in total. The van der Waals surface area contributed by atoms with Crippen molar-refractivity contribution in [1.29, 1.82) is 0 Å². The Hall–Kier alpha value is -3.16. The maximum absolute atomic E-state index is 13.3. The minimum absolute atomic E-state index is 0.0694. The molecule has 0 saturated carbocycles. The fourth-order valence-corrected chi connectivity index (χ4v) is 5.25. The van der Waals surface area contributed by atoms with Gasteiger partial charge in [0.15, 0.2) is 16.5 Å². The smallest absolute Gasteiger partial charge is 0.274 e. The predicted octanol–water partition coefficient (Wildman–Crippen LogP) is 5.81. The van der Waals surface area contributed by atoms with E-state index in [9.17, 15) is 4.79 Å². The van der Waals surface area contributed by atoms with Gasteiger partial charge in [-0.2, -0.15) is 0 Å². The van der Waals surface area contributed by atoms with Crippen LogP contribution in [-0.2, 0) is 6.61 Å². The Morgan fingerprint density at radius 3 is 2.53 bits per heavy atom. The zero-order valence-electron chi connectivity index (χ0n) is 19.1. The molecule has 5 rings (SSSR count). The van der Waals surface area contributed by atoms with Crippen LogP contribution in [0.4, 0.5) is 0 Å². The molecule has 7 heteroatoms. The van der Waals surface area contributed by atoms with Crippen LogP contribution in [0, 0.1) is 13.8 Å². The van der Waals surface area contributed by atoms with E-state index >= 15 is 0 Å². The van der Waals surface area contributed by atoms with Crippen molar-refractivity contribution in [3.63, 3.8) is 0 Å². The van der Waals surface area contributed by atoms with Crippen molar-refractivity contribution in [2.24, 2.45) is 0 Å². The summed E-state index contributed by atoms with van der Waals surface area (Å²) >= 11 is 5.03. The fraction of sp³-hybridized carbons (Fsp3) is 0.185. The second-order valence-corrected chi connectivity index (χ2v) is 9.96. The van der Waals surface area contributed by atoms with Crippen molar-refractivity contribution in [1.82, 2.24) is 9.38 Å². The molecular formula is C27H23BrN2O3S. The van der Waals surface area contributed by atoms with E-state index < -0.39 is 0 Å². The molecular weight excluding hydrogens is 512 g/mol. The highest BCUT2D eigenvalue weighted by molar-refractivity contribution is 9.10. The Morgan fingerprint density at radius 2 is 1.76 bits per heavy atom. The van der Waals surface area contributed by atoms with Crippen molar-refractivity contribution >= 4 is 49.3 Å². The minimum Gasteiger partial charge on any atom is -0.490 e. The van der Waals surface area contributed by atoms with Crippen LogP contribution in [0.2, 0.25) is 0 Å². The Labute approximate surface area is 209 Å². The lowest BCUT2D eigenvalue weighted by atomic mass is 10.1. The summed E-state index contributed by atoms with van der Waals surface area (Å²) in [6, 6.07) is 17.9. The number of hydrogen-bond donors (Lipinski definition) is 0. The first-order valence-electron chi connectivity index (χ1n) is 11.0. The summed E-state index contributed by atoms with van der Waals surface area (Å²) in [7, 11) is 0. The SMILES string of the molecule is CCOc1cc(/C=c2\sc3nc4cc(C)c(C)cc4n3c2=O)c(Br)cc1OCc1ccccc1. The van der Waals surface area contributed by atoms with Gasteiger partial charge < -0.3 is 9.47 Å². The second kappa shape index (κ2) is 9.24. The third kappa shape index (κ3) is 4.21. The number of ether oxygens (including phenoxy) is 2. The van der Waals surface area contributed by atoms with Crippen molar-refractivity contribution in [2.75, 3.05) is 6.61 Å². The number of fused-ring (bicyclic) bond motifs is 3. The Morgan fingerprint density at radius 1 is 1.03 bits per heavy atom. The van der Waals surface area contributed by atoms with Crippen LogP contribution in [-0.4, -0.2) is 16.0 Å². The molecule has 0 bridgehead atoms. The van der Waals surface area contributed by atoms with Crippen molar-refractivity contribution in [3.05, 3.63) is 96.2 Å². The fourth-order valence-electron chi connectivity index (χ4n) is 3.84. The van der Waals surface area contributed by atoms with Crippen molar-refractivity contribution in [2.45, 2.75) is 27.4 Å². The Bertz CT molecular complexity index is 1620. The molecule has 34 heavy (non-hydrogen) atoms. The number of hydrogen-bond acceptors (Lipinski definition) is 5. The van der Waals surface area contributed by atoms with Crippen molar-refractivity contribution in [3.8, 4) is 11.5 Å². The molecule has 2 aromatic heterocycles.